The first-order chi connectivity index (χ1) is 14.2. The Kier molecular flexibility index (Phi) is 11.7. The van der Waals surface area contributed by atoms with Gasteiger partial charge in [-0.25, -0.2) is 4.79 Å². The first kappa shape index (κ1) is 26.2. The van der Waals surface area contributed by atoms with Crippen molar-refractivity contribution in [1.29, 1.82) is 0 Å². The van der Waals surface area contributed by atoms with Gasteiger partial charge in [0.05, 0.1) is 6.04 Å². The number of nitrogens with two attached hydrogens (primary N) is 1. The van der Waals surface area contributed by atoms with Gasteiger partial charge in [0, 0.05) is 5.75 Å². The minimum absolute atomic E-state index is 0.0182. The van der Waals surface area contributed by atoms with E-state index in [0.29, 0.717) is 32.2 Å². The number of carbonyl (C=O) groups is 4. The summed E-state index contributed by atoms with van der Waals surface area (Å²) in [6.45, 7) is 4.57. The second-order valence-corrected chi connectivity index (χ2v) is 8.17. The Bertz CT molecular complexity index is 598. The lowest BCUT2D eigenvalue weighted by Crippen LogP contribution is -2.58. The van der Waals surface area contributed by atoms with Crippen LogP contribution in [0.25, 0.3) is 0 Å². The van der Waals surface area contributed by atoms with Gasteiger partial charge in [-0.05, 0) is 51.1 Å². The summed E-state index contributed by atoms with van der Waals surface area (Å²) in [5, 5.41) is 20.1. The van der Waals surface area contributed by atoms with Gasteiger partial charge in [0.1, 0.15) is 18.1 Å². The Morgan fingerprint density at radius 1 is 1.10 bits per heavy atom. The Morgan fingerprint density at radius 3 is 2.27 bits per heavy atom. The summed E-state index contributed by atoms with van der Waals surface area (Å²) in [6.07, 6.45) is 3.32. The highest BCUT2D eigenvalue weighted by Gasteiger charge is 2.31. The van der Waals surface area contributed by atoms with Crippen LogP contribution in [0, 0.1) is 5.92 Å². The van der Waals surface area contributed by atoms with Crippen molar-refractivity contribution in [3.63, 3.8) is 0 Å². The summed E-state index contributed by atoms with van der Waals surface area (Å²) in [7, 11) is 0. The van der Waals surface area contributed by atoms with Crippen LogP contribution in [0.1, 0.15) is 46.0 Å². The molecule has 0 aromatic heterocycles. The molecule has 1 saturated heterocycles. The van der Waals surface area contributed by atoms with Crippen LogP contribution < -0.4 is 27.0 Å². The topological polar surface area (TPSA) is 163 Å². The van der Waals surface area contributed by atoms with Crippen LogP contribution in [0.5, 0.6) is 0 Å². The van der Waals surface area contributed by atoms with E-state index >= 15 is 0 Å². The molecule has 7 N–H and O–H groups in total. The molecule has 0 radical (unpaired) electrons. The molecule has 172 valence electrons. The third-order valence-electron chi connectivity index (χ3n) is 5.00. The zero-order valence-corrected chi connectivity index (χ0v) is 18.5. The number of hydrogen-bond acceptors (Lipinski definition) is 7. The predicted octanol–water partition coefficient (Wildman–Crippen LogP) is -1.01. The normalized spacial score (nSPS) is 19.0. The average molecular weight is 446 g/mol. The van der Waals surface area contributed by atoms with Crippen LogP contribution in [0.3, 0.4) is 0 Å². The molecule has 0 saturated carbocycles. The van der Waals surface area contributed by atoms with Crippen LogP contribution in [0.15, 0.2) is 0 Å². The zero-order chi connectivity index (χ0) is 22.7. The lowest BCUT2D eigenvalue weighted by atomic mass is 10.0. The molecule has 4 unspecified atom stereocenters. The molecule has 0 aromatic carbocycles. The highest BCUT2D eigenvalue weighted by Crippen LogP contribution is 2.08. The molecule has 3 amide bonds. The predicted molar refractivity (Wildman–Crippen MR) is 116 cm³/mol. The molecule has 1 heterocycles. The maximum absolute atomic E-state index is 12.8. The molecule has 1 rings (SSSR count). The lowest BCUT2D eigenvalue weighted by Gasteiger charge is -2.25. The SMILES string of the molecule is CC(C)C(NC(=O)C(CS)NC(=O)C(CCCCN)NC(=O)C1CCCN1)C(=O)O. The zero-order valence-electron chi connectivity index (χ0n) is 17.6. The molecule has 11 heteroatoms. The minimum Gasteiger partial charge on any atom is -0.480 e. The van der Waals surface area contributed by atoms with E-state index in [0.717, 1.165) is 13.0 Å². The van der Waals surface area contributed by atoms with Crippen molar-refractivity contribution in [3.05, 3.63) is 0 Å². The average Bonchev–Trinajstić information content (AvgIpc) is 3.23. The molecule has 0 aliphatic carbocycles. The van der Waals surface area contributed by atoms with Crippen LogP contribution in [-0.2, 0) is 19.2 Å². The summed E-state index contributed by atoms with van der Waals surface area (Å²) in [4.78, 5) is 49.1. The monoisotopic (exact) mass is 445 g/mol. The van der Waals surface area contributed by atoms with Gasteiger partial charge in [0.15, 0.2) is 0 Å². The van der Waals surface area contributed by atoms with Gasteiger partial charge in [0.25, 0.3) is 0 Å². The van der Waals surface area contributed by atoms with Crippen LogP contribution in [-0.4, -0.2) is 71.8 Å². The fraction of sp³-hybridized carbons (Fsp3) is 0.789. The van der Waals surface area contributed by atoms with Gasteiger partial charge in [-0.15, -0.1) is 0 Å². The van der Waals surface area contributed by atoms with E-state index in [1.807, 2.05) is 0 Å². The number of carboxylic acid groups (broad SMARTS) is 1. The van der Waals surface area contributed by atoms with Crippen molar-refractivity contribution in [2.75, 3.05) is 18.8 Å². The summed E-state index contributed by atoms with van der Waals surface area (Å²) in [5.74, 6) is -2.90. The van der Waals surface area contributed by atoms with Crippen LogP contribution >= 0.6 is 12.6 Å². The Hall–Kier alpha value is -1.85. The first-order valence-electron chi connectivity index (χ1n) is 10.4. The molecule has 10 nitrogen and oxygen atoms in total. The second-order valence-electron chi connectivity index (χ2n) is 7.81. The number of aliphatic carboxylic acids is 1. The van der Waals surface area contributed by atoms with Crippen molar-refractivity contribution >= 4 is 36.3 Å². The molecular formula is C19H35N5O5S. The quantitative estimate of drug-likeness (QED) is 0.141. The number of amides is 3. The summed E-state index contributed by atoms with van der Waals surface area (Å²) >= 11 is 4.11. The molecule has 30 heavy (non-hydrogen) atoms. The third-order valence-corrected chi connectivity index (χ3v) is 5.37. The number of thiol groups is 1. The van der Waals surface area contributed by atoms with Gasteiger partial charge in [-0.1, -0.05) is 13.8 Å². The van der Waals surface area contributed by atoms with Crippen LogP contribution in [0.2, 0.25) is 0 Å². The highest BCUT2D eigenvalue weighted by molar-refractivity contribution is 7.80. The van der Waals surface area contributed by atoms with E-state index in [2.05, 4.69) is 33.9 Å². The van der Waals surface area contributed by atoms with E-state index in [1.54, 1.807) is 13.8 Å². The molecule has 4 atom stereocenters. The molecule has 0 aromatic rings. The van der Waals surface area contributed by atoms with Crippen molar-refractivity contribution in [2.24, 2.45) is 11.7 Å². The number of carbonyl (C=O) groups excluding carboxylic acids is 3. The fourth-order valence-corrected chi connectivity index (χ4v) is 3.43. The maximum Gasteiger partial charge on any atom is 0.326 e. The number of nitrogens with one attached hydrogen (secondary N) is 4. The van der Waals surface area contributed by atoms with Crippen molar-refractivity contribution in [3.8, 4) is 0 Å². The molecule has 1 fully saturated rings. The number of carboxylic acids is 1. The Morgan fingerprint density at radius 2 is 1.77 bits per heavy atom. The fourth-order valence-electron chi connectivity index (χ4n) is 3.18. The molecule has 1 aliphatic heterocycles. The van der Waals surface area contributed by atoms with Gasteiger partial charge in [-0.2, -0.15) is 12.6 Å². The van der Waals surface area contributed by atoms with E-state index in [4.69, 9.17) is 5.73 Å². The van der Waals surface area contributed by atoms with E-state index in [9.17, 15) is 24.3 Å². The highest BCUT2D eigenvalue weighted by atomic mass is 32.1. The standard InChI is InChI=1S/C19H35N5O5S/c1-11(2)15(19(28)29)24-18(27)14(10-30)23-17(26)13(6-3-4-8-20)22-16(25)12-7-5-9-21-12/h11-15,21,30H,3-10,20H2,1-2H3,(H,22,25)(H,23,26)(H,24,27)(H,28,29). The van der Waals surface area contributed by atoms with E-state index in [-0.39, 0.29) is 23.6 Å². The van der Waals surface area contributed by atoms with Crippen molar-refractivity contribution < 1.29 is 24.3 Å². The van der Waals surface area contributed by atoms with Crippen LogP contribution in [0.4, 0.5) is 0 Å². The summed E-state index contributed by atoms with van der Waals surface area (Å²) in [5.41, 5.74) is 5.52. The van der Waals surface area contributed by atoms with Gasteiger partial charge in [-0.3, -0.25) is 14.4 Å². The van der Waals surface area contributed by atoms with Gasteiger partial charge >= 0.3 is 5.97 Å². The Balaban J connectivity index is 2.77. The Labute approximate surface area is 182 Å². The smallest absolute Gasteiger partial charge is 0.326 e. The number of hydrogen-bond donors (Lipinski definition) is 7. The van der Waals surface area contributed by atoms with E-state index in [1.165, 1.54) is 0 Å². The summed E-state index contributed by atoms with van der Waals surface area (Å²) < 4.78 is 0. The number of unbranched alkanes of at least 4 members (excludes halogenated alkanes) is 1. The second kappa shape index (κ2) is 13.5. The summed E-state index contributed by atoms with van der Waals surface area (Å²) in [6, 6.07) is -3.26. The third kappa shape index (κ3) is 8.49. The van der Waals surface area contributed by atoms with Gasteiger partial charge in [0.2, 0.25) is 17.7 Å². The lowest BCUT2D eigenvalue weighted by molar-refractivity contribution is -0.143. The van der Waals surface area contributed by atoms with Crippen molar-refractivity contribution in [1.82, 2.24) is 21.3 Å². The largest absolute Gasteiger partial charge is 0.480 e. The van der Waals surface area contributed by atoms with E-state index < -0.39 is 35.9 Å². The molecule has 1 aliphatic rings. The molecular weight excluding hydrogens is 410 g/mol. The number of rotatable bonds is 13. The maximum atomic E-state index is 12.8. The molecule has 0 spiro atoms. The molecule has 0 bridgehead atoms. The van der Waals surface area contributed by atoms with Crippen molar-refractivity contribution in [2.45, 2.75) is 70.1 Å². The first-order valence-corrected chi connectivity index (χ1v) is 11.0. The minimum atomic E-state index is -1.15. The van der Waals surface area contributed by atoms with Gasteiger partial charge < -0.3 is 32.1 Å².